The van der Waals surface area contributed by atoms with E-state index < -0.39 is 0 Å². The van der Waals surface area contributed by atoms with Crippen molar-refractivity contribution in [3.63, 3.8) is 0 Å². The van der Waals surface area contributed by atoms with Gasteiger partial charge in [0.2, 0.25) is 5.91 Å². The third-order valence-corrected chi connectivity index (χ3v) is 5.09. The summed E-state index contributed by atoms with van der Waals surface area (Å²) in [6.07, 6.45) is 4.40. The van der Waals surface area contributed by atoms with Crippen molar-refractivity contribution in [3.05, 3.63) is 53.5 Å². The molecule has 1 aromatic carbocycles. The van der Waals surface area contributed by atoms with Gasteiger partial charge in [-0.25, -0.2) is 0 Å². The van der Waals surface area contributed by atoms with Crippen LogP contribution in [0.4, 0.5) is 0 Å². The number of piperidine rings is 1. The van der Waals surface area contributed by atoms with Crippen LogP contribution in [0.25, 0.3) is 10.9 Å². The van der Waals surface area contributed by atoms with E-state index in [0.717, 1.165) is 53.8 Å². The summed E-state index contributed by atoms with van der Waals surface area (Å²) in [5.74, 6) is 0.585. The number of likely N-dealkylation sites (tertiary alicyclic amines) is 1. The fraction of sp³-hybridized carbons (Fsp3) is 0.368. The Labute approximate surface area is 141 Å². The smallest absolute Gasteiger partial charge is 0.227 e. The lowest BCUT2D eigenvalue weighted by Gasteiger charge is -2.32. The largest absolute Gasteiger partial charge is 0.358 e. The number of nitrogens with zero attached hydrogens (tertiary/aromatic N) is 2. The van der Waals surface area contributed by atoms with Gasteiger partial charge in [0.15, 0.2) is 0 Å². The Kier molecular flexibility index (Phi) is 3.84. The number of carbonyl (C=O) groups excluding carboxylic acids is 1. The first kappa shape index (κ1) is 15.0. The molecule has 0 aliphatic carbocycles. The van der Waals surface area contributed by atoms with E-state index in [1.807, 2.05) is 30.0 Å². The van der Waals surface area contributed by atoms with E-state index in [1.165, 1.54) is 0 Å². The molecule has 1 fully saturated rings. The highest BCUT2D eigenvalue weighted by atomic mass is 16.2. The first-order valence-corrected chi connectivity index (χ1v) is 8.55. The Morgan fingerprint density at radius 1 is 1.33 bits per heavy atom. The number of hydrogen-bond donors (Lipinski definition) is 2. The molecule has 3 heterocycles. The fourth-order valence-corrected chi connectivity index (χ4v) is 3.78. The van der Waals surface area contributed by atoms with Gasteiger partial charge in [0.1, 0.15) is 0 Å². The number of aryl methyl sites for hydroxylation is 1. The molecule has 1 aliphatic rings. The lowest BCUT2D eigenvalue weighted by atomic mass is 9.94. The standard InChI is InChI=1S/C19H22N4O/c1-13-16(15-6-2-3-7-18(15)21-13)11-19(24)23-10-4-5-14(12-23)17-8-9-20-22-17/h2-3,6-9,14,21H,4-5,10-12H2,1H3,(H,20,22)/t14-/m0/s1. The monoisotopic (exact) mass is 322 g/mol. The molecule has 2 aromatic heterocycles. The second-order valence-electron chi connectivity index (χ2n) is 6.64. The number of hydrogen-bond acceptors (Lipinski definition) is 2. The zero-order valence-electron chi connectivity index (χ0n) is 13.9. The van der Waals surface area contributed by atoms with Crippen LogP contribution >= 0.6 is 0 Å². The van der Waals surface area contributed by atoms with Gasteiger partial charge < -0.3 is 9.88 Å². The highest BCUT2D eigenvalue weighted by Gasteiger charge is 2.26. The first-order chi connectivity index (χ1) is 11.7. The molecule has 1 atom stereocenters. The Morgan fingerprint density at radius 3 is 3.04 bits per heavy atom. The van der Waals surface area contributed by atoms with Crippen LogP contribution in [0.2, 0.25) is 0 Å². The lowest BCUT2D eigenvalue weighted by Crippen LogP contribution is -2.40. The molecule has 5 nitrogen and oxygen atoms in total. The van der Waals surface area contributed by atoms with Crippen LogP contribution in [-0.4, -0.2) is 39.1 Å². The van der Waals surface area contributed by atoms with Crippen molar-refractivity contribution < 1.29 is 4.79 Å². The van der Waals surface area contributed by atoms with Crippen molar-refractivity contribution in [2.24, 2.45) is 0 Å². The molecule has 0 bridgehead atoms. The minimum absolute atomic E-state index is 0.215. The van der Waals surface area contributed by atoms with Crippen LogP contribution in [0.1, 0.15) is 35.7 Å². The van der Waals surface area contributed by atoms with Gasteiger partial charge in [-0.3, -0.25) is 9.89 Å². The third kappa shape index (κ3) is 2.70. The van der Waals surface area contributed by atoms with Gasteiger partial charge in [-0.2, -0.15) is 5.10 Å². The summed E-state index contributed by atoms with van der Waals surface area (Å²) in [4.78, 5) is 18.3. The number of amides is 1. The van der Waals surface area contributed by atoms with Gasteiger partial charge in [-0.15, -0.1) is 0 Å². The number of aromatic nitrogens is 3. The van der Waals surface area contributed by atoms with Gasteiger partial charge in [-0.1, -0.05) is 18.2 Å². The zero-order valence-corrected chi connectivity index (χ0v) is 13.9. The Balaban J connectivity index is 1.52. The van der Waals surface area contributed by atoms with Crippen molar-refractivity contribution in [3.8, 4) is 0 Å². The van der Waals surface area contributed by atoms with E-state index in [1.54, 1.807) is 6.20 Å². The molecule has 3 aromatic rings. The third-order valence-electron chi connectivity index (χ3n) is 5.09. The number of nitrogens with one attached hydrogen (secondary N) is 2. The summed E-state index contributed by atoms with van der Waals surface area (Å²) >= 11 is 0. The Morgan fingerprint density at radius 2 is 2.21 bits per heavy atom. The van der Waals surface area contributed by atoms with Crippen LogP contribution < -0.4 is 0 Å². The van der Waals surface area contributed by atoms with E-state index >= 15 is 0 Å². The zero-order chi connectivity index (χ0) is 16.5. The maximum Gasteiger partial charge on any atom is 0.227 e. The van der Waals surface area contributed by atoms with Gasteiger partial charge in [0.25, 0.3) is 0 Å². The second kappa shape index (κ2) is 6.15. The lowest BCUT2D eigenvalue weighted by molar-refractivity contribution is -0.131. The van der Waals surface area contributed by atoms with Crippen LogP contribution in [0.3, 0.4) is 0 Å². The van der Waals surface area contributed by atoms with Crippen molar-refractivity contribution in [2.45, 2.75) is 32.1 Å². The van der Waals surface area contributed by atoms with E-state index in [-0.39, 0.29) is 5.91 Å². The molecular formula is C19H22N4O. The van der Waals surface area contributed by atoms with Gasteiger partial charge in [0.05, 0.1) is 6.42 Å². The molecule has 0 unspecified atom stereocenters. The Hall–Kier alpha value is -2.56. The molecule has 1 saturated heterocycles. The summed E-state index contributed by atoms with van der Waals surface area (Å²) in [5, 5.41) is 8.25. The predicted molar refractivity (Wildman–Crippen MR) is 93.9 cm³/mol. The molecule has 4 rings (SSSR count). The maximum atomic E-state index is 12.9. The molecule has 0 saturated carbocycles. The average molecular weight is 322 g/mol. The average Bonchev–Trinajstić information content (AvgIpc) is 3.24. The minimum Gasteiger partial charge on any atom is -0.358 e. The van der Waals surface area contributed by atoms with Crippen LogP contribution in [0, 0.1) is 6.92 Å². The Bertz CT molecular complexity index is 850. The van der Waals surface area contributed by atoms with E-state index in [9.17, 15) is 4.79 Å². The molecule has 2 N–H and O–H groups in total. The first-order valence-electron chi connectivity index (χ1n) is 8.55. The number of para-hydroxylation sites is 1. The normalized spacial score (nSPS) is 18.2. The molecule has 0 spiro atoms. The topological polar surface area (TPSA) is 64.8 Å². The maximum absolute atomic E-state index is 12.9. The molecule has 1 aliphatic heterocycles. The predicted octanol–water partition coefficient (Wildman–Crippen LogP) is 3.15. The number of H-pyrrole nitrogens is 2. The summed E-state index contributed by atoms with van der Waals surface area (Å²) in [6.45, 7) is 3.68. The summed E-state index contributed by atoms with van der Waals surface area (Å²) in [5.41, 5.74) is 4.45. The summed E-state index contributed by atoms with van der Waals surface area (Å²) in [6, 6.07) is 10.2. The number of fused-ring (bicyclic) bond motifs is 1. The highest BCUT2D eigenvalue weighted by Crippen LogP contribution is 2.27. The van der Waals surface area contributed by atoms with Gasteiger partial charge >= 0.3 is 0 Å². The number of aromatic amines is 2. The second-order valence-corrected chi connectivity index (χ2v) is 6.64. The van der Waals surface area contributed by atoms with Crippen molar-refractivity contribution in [1.29, 1.82) is 0 Å². The van der Waals surface area contributed by atoms with Crippen LogP contribution in [0.15, 0.2) is 36.5 Å². The molecule has 5 heteroatoms. The van der Waals surface area contributed by atoms with Gasteiger partial charge in [0, 0.05) is 47.5 Å². The molecule has 0 radical (unpaired) electrons. The number of benzene rings is 1. The molecular weight excluding hydrogens is 300 g/mol. The highest BCUT2D eigenvalue weighted by molar-refractivity contribution is 5.90. The van der Waals surface area contributed by atoms with Crippen LogP contribution in [0.5, 0.6) is 0 Å². The molecule has 124 valence electrons. The molecule has 1 amide bonds. The van der Waals surface area contributed by atoms with Gasteiger partial charge in [-0.05, 0) is 37.5 Å². The summed E-state index contributed by atoms with van der Waals surface area (Å²) < 4.78 is 0. The van der Waals surface area contributed by atoms with Crippen molar-refractivity contribution in [1.82, 2.24) is 20.1 Å². The van der Waals surface area contributed by atoms with E-state index in [2.05, 4.69) is 27.3 Å². The van der Waals surface area contributed by atoms with Crippen LogP contribution in [-0.2, 0) is 11.2 Å². The summed E-state index contributed by atoms with van der Waals surface area (Å²) in [7, 11) is 0. The van der Waals surface area contributed by atoms with Crippen molar-refractivity contribution in [2.75, 3.05) is 13.1 Å². The van der Waals surface area contributed by atoms with Crippen molar-refractivity contribution >= 4 is 16.8 Å². The minimum atomic E-state index is 0.215. The fourth-order valence-electron chi connectivity index (χ4n) is 3.78. The molecule has 24 heavy (non-hydrogen) atoms. The number of carbonyl (C=O) groups is 1. The van der Waals surface area contributed by atoms with E-state index in [0.29, 0.717) is 12.3 Å². The number of rotatable bonds is 3. The SMILES string of the molecule is Cc1[nH]c2ccccc2c1CC(=O)N1CCC[C@H](c2ccn[nH]2)C1. The van der Waals surface area contributed by atoms with E-state index in [4.69, 9.17) is 0 Å². The quantitative estimate of drug-likeness (QED) is 0.778.